The van der Waals surface area contributed by atoms with Gasteiger partial charge < -0.3 is 24.5 Å². The van der Waals surface area contributed by atoms with Gasteiger partial charge in [0.05, 0.1) is 31.9 Å². The van der Waals surface area contributed by atoms with Gasteiger partial charge in [0.1, 0.15) is 5.75 Å². The second-order valence-electron chi connectivity index (χ2n) is 10.0. The number of nitrogens with one attached hydrogen (secondary N) is 1. The lowest BCUT2D eigenvalue weighted by Crippen LogP contribution is -2.54. The molecule has 204 valence electrons. The van der Waals surface area contributed by atoms with E-state index in [9.17, 15) is 23.1 Å². The van der Waals surface area contributed by atoms with E-state index in [0.717, 1.165) is 28.2 Å². The first-order valence-electron chi connectivity index (χ1n) is 12.8. The van der Waals surface area contributed by atoms with Gasteiger partial charge in [-0.2, -0.15) is 13.2 Å². The molecule has 2 aliphatic rings. The molecule has 1 atom stereocenters. The Labute approximate surface area is 219 Å². The van der Waals surface area contributed by atoms with Crippen LogP contribution in [-0.4, -0.2) is 65.9 Å². The minimum absolute atomic E-state index is 0.0301. The Morgan fingerprint density at radius 2 is 1.92 bits per heavy atom. The van der Waals surface area contributed by atoms with E-state index in [1.165, 1.54) is 12.1 Å². The Bertz CT molecular complexity index is 1310. The quantitative estimate of drug-likeness (QED) is 0.471. The molecule has 1 amide bonds. The fourth-order valence-corrected chi connectivity index (χ4v) is 6.17. The van der Waals surface area contributed by atoms with Crippen molar-refractivity contribution in [2.24, 2.45) is 0 Å². The van der Waals surface area contributed by atoms with Crippen molar-refractivity contribution in [3.05, 3.63) is 64.8 Å². The minimum Gasteiger partial charge on any atom is -0.497 e. The first-order chi connectivity index (χ1) is 18.2. The zero-order chi connectivity index (χ0) is 27.1. The number of rotatable bonds is 5. The summed E-state index contributed by atoms with van der Waals surface area (Å²) in [5, 5.41) is 11.5. The number of piperidine rings is 1. The average Bonchev–Trinajstić information content (AvgIpc) is 3.28. The topological polar surface area (TPSA) is 78.0 Å². The molecule has 0 bridgehead atoms. The molecule has 10 heteroatoms. The first kappa shape index (κ1) is 26.4. The van der Waals surface area contributed by atoms with Gasteiger partial charge in [0.25, 0.3) is 0 Å². The summed E-state index contributed by atoms with van der Waals surface area (Å²) in [5.74, 6) is 0.679. The third-order valence-corrected chi connectivity index (χ3v) is 7.96. The molecule has 7 nitrogen and oxygen atoms in total. The van der Waals surface area contributed by atoms with E-state index in [1.54, 1.807) is 25.0 Å². The maximum absolute atomic E-state index is 13.8. The number of ether oxygens (including phenoxy) is 2. The summed E-state index contributed by atoms with van der Waals surface area (Å²) in [6.45, 7) is 3.23. The maximum Gasteiger partial charge on any atom is 0.416 e. The molecule has 0 aliphatic carbocycles. The number of nitrogens with zero attached hydrogens (tertiary/aromatic N) is 2. The van der Waals surface area contributed by atoms with Crippen LogP contribution in [0.1, 0.15) is 48.2 Å². The molecule has 3 heterocycles. The fraction of sp³-hybridized carbons (Fsp3) is 0.464. The molecule has 1 aromatic heterocycles. The van der Waals surface area contributed by atoms with Gasteiger partial charge in [-0.3, -0.25) is 4.90 Å². The third-order valence-electron chi connectivity index (χ3n) is 7.96. The number of halogens is 3. The number of aromatic amines is 1. The summed E-state index contributed by atoms with van der Waals surface area (Å²) in [4.78, 5) is 19.5. The Morgan fingerprint density at radius 3 is 2.58 bits per heavy atom. The lowest BCUT2D eigenvalue weighted by atomic mass is 9.68. The largest absolute Gasteiger partial charge is 0.497 e. The van der Waals surface area contributed by atoms with Crippen LogP contribution < -0.4 is 4.74 Å². The highest BCUT2D eigenvalue weighted by Crippen LogP contribution is 2.49. The SMILES string of the molecule is CCOC(=O)N1CCC2(CC1)CN(Cc1ccccc1C(F)(F)F)C(CO)c1[nH]c3cc(OC)ccc3c12. The van der Waals surface area contributed by atoms with Crippen molar-refractivity contribution in [2.45, 2.75) is 43.9 Å². The number of H-pyrrole nitrogens is 1. The lowest BCUT2D eigenvalue weighted by Gasteiger charge is -2.50. The fourth-order valence-electron chi connectivity index (χ4n) is 6.17. The van der Waals surface area contributed by atoms with Crippen LogP contribution in [0.4, 0.5) is 18.0 Å². The summed E-state index contributed by atoms with van der Waals surface area (Å²) in [6, 6.07) is 10.9. The number of aliphatic hydroxyl groups is 1. The highest BCUT2D eigenvalue weighted by atomic mass is 19.4. The average molecular weight is 532 g/mol. The summed E-state index contributed by atoms with van der Waals surface area (Å²) in [7, 11) is 1.59. The van der Waals surface area contributed by atoms with Crippen molar-refractivity contribution in [2.75, 3.05) is 40.0 Å². The number of amides is 1. The number of likely N-dealkylation sites (tertiary alicyclic amines) is 1. The number of aliphatic hydroxyl groups excluding tert-OH is 1. The van der Waals surface area contributed by atoms with Gasteiger partial charge >= 0.3 is 12.3 Å². The minimum atomic E-state index is -4.48. The van der Waals surface area contributed by atoms with E-state index < -0.39 is 23.2 Å². The summed E-state index contributed by atoms with van der Waals surface area (Å²) in [5.41, 5.74) is 1.78. The molecule has 2 N–H and O–H groups in total. The van der Waals surface area contributed by atoms with Gasteiger partial charge in [-0.25, -0.2) is 4.79 Å². The summed E-state index contributed by atoms with van der Waals surface area (Å²) >= 11 is 0. The highest BCUT2D eigenvalue weighted by molar-refractivity contribution is 5.88. The molecule has 3 aromatic rings. The van der Waals surface area contributed by atoms with Crippen LogP contribution in [0.5, 0.6) is 5.75 Å². The normalized spacial score (nSPS) is 19.5. The standard InChI is InChI=1S/C28H32F3N3O4/c1-3-38-26(36)33-12-10-27(11-13-33)17-34(15-18-6-4-5-7-21(18)28(29,30)31)23(16-35)25-24(27)20-9-8-19(37-2)14-22(20)32-25/h4-9,14,23,32,35H,3,10-13,15-17H2,1-2H3. The van der Waals surface area contributed by atoms with Crippen LogP contribution in [0.2, 0.25) is 0 Å². The number of alkyl halides is 3. The van der Waals surface area contributed by atoms with Crippen LogP contribution in [0.25, 0.3) is 10.9 Å². The van der Waals surface area contributed by atoms with E-state index in [2.05, 4.69) is 4.98 Å². The predicted molar refractivity (Wildman–Crippen MR) is 136 cm³/mol. The molecule has 2 aromatic carbocycles. The van der Waals surface area contributed by atoms with Crippen LogP contribution in [0, 0.1) is 0 Å². The third kappa shape index (κ3) is 4.60. The molecular formula is C28H32F3N3O4. The van der Waals surface area contributed by atoms with Gasteiger partial charge in [0, 0.05) is 54.3 Å². The molecule has 1 spiro atoms. The van der Waals surface area contributed by atoms with Gasteiger partial charge in [-0.05, 0) is 49.1 Å². The number of hydrogen-bond donors (Lipinski definition) is 2. The molecule has 1 fully saturated rings. The van der Waals surface area contributed by atoms with Gasteiger partial charge in [-0.1, -0.05) is 18.2 Å². The predicted octanol–water partition coefficient (Wildman–Crippen LogP) is 5.23. The summed E-state index contributed by atoms with van der Waals surface area (Å²) in [6.07, 6.45) is -3.60. The highest BCUT2D eigenvalue weighted by Gasteiger charge is 2.48. The zero-order valence-electron chi connectivity index (χ0n) is 21.5. The number of methoxy groups -OCH3 is 1. The van der Waals surface area contributed by atoms with Crippen LogP contribution >= 0.6 is 0 Å². The van der Waals surface area contributed by atoms with E-state index in [4.69, 9.17) is 9.47 Å². The Morgan fingerprint density at radius 1 is 1.18 bits per heavy atom. The molecule has 0 saturated carbocycles. The number of carbonyl (C=O) groups excluding carboxylic acids is 1. The van der Waals surface area contributed by atoms with Gasteiger partial charge in [0.2, 0.25) is 0 Å². The monoisotopic (exact) mass is 531 g/mol. The Hall–Kier alpha value is -3.24. The zero-order valence-corrected chi connectivity index (χ0v) is 21.5. The smallest absolute Gasteiger partial charge is 0.416 e. The van der Waals surface area contributed by atoms with E-state index in [-0.39, 0.29) is 24.8 Å². The lowest BCUT2D eigenvalue weighted by molar-refractivity contribution is -0.138. The number of aromatic nitrogens is 1. The van der Waals surface area contributed by atoms with Crippen LogP contribution in [0.3, 0.4) is 0 Å². The van der Waals surface area contributed by atoms with Crippen LogP contribution in [0.15, 0.2) is 42.5 Å². The molecule has 1 unspecified atom stereocenters. The molecule has 1 saturated heterocycles. The molecule has 2 aliphatic heterocycles. The van der Waals surface area contributed by atoms with Crippen molar-refractivity contribution in [3.63, 3.8) is 0 Å². The number of carbonyl (C=O) groups is 1. The second kappa shape index (κ2) is 10.1. The Kier molecular flexibility index (Phi) is 7.04. The number of fused-ring (bicyclic) bond motifs is 4. The molecule has 38 heavy (non-hydrogen) atoms. The number of hydrogen-bond acceptors (Lipinski definition) is 5. The van der Waals surface area contributed by atoms with Crippen molar-refractivity contribution in [1.82, 2.24) is 14.8 Å². The van der Waals surface area contributed by atoms with Crippen molar-refractivity contribution < 1.29 is 32.5 Å². The molecule has 0 radical (unpaired) electrons. The van der Waals surface area contributed by atoms with Gasteiger partial charge in [0.15, 0.2) is 0 Å². The van der Waals surface area contributed by atoms with E-state index >= 15 is 0 Å². The van der Waals surface area contributed by atoms with Crippen molar-refractivity contribution in [1.29, 1.82) is 0 Å². The van der Waals surface area contributed by atoms with Crippen molar-refractivity contribution >= 4 is 17.0 Å². The second-order valence-corrected chi connectivity index (χ2v) is 10.0. The first-order valence-corrected chi connectivity index (χ1v) is 12.8. The maximum atomic E-state index is 13.8. The van der Waals surface area contributed by atoms with E-state index in [1.807, 2.05) is 23.1 Å². The molecular weight excluding hydrogens is 499 g/mol. The van der Waals surface area contributed by atoms with Crippen LogP contribution in [-0.2, 0) is 22.9 Å². The Balaban J connectivity index is 1.59. The summed E-state index contributed by atoms with van der Waals surface area (Å²) < 4.78 is 52.1. The molecule has 5 rings (SSSR count). The van der Waals surface area contributed by atoms with E-state index in [0.29, 0.717) is 44.8 Å². The van der Waals surface area contributed by atoms with Crippen molar-refractivity contribution in [3.8, 4) is 5.75 Å². The number of benzene rings is 2. The van der Waals surface area contributed by atoms with Gasteiger partial charge in [-0.15, -0.1) is 0 Å².